The van der Waals surface area contributed by atoms with Crippen molar-refractivity contribution in [3.05, 3.63) is 54.4 Å². The molecule has 0 atom stereocenters. The standard InChI is InChI=1S/C17H19N3O3S/c1-20-16-9-8-13(23-2)12-15(16)19-17(20)10-11-18-24(21,22)14-6-4-3-5-7-14/h3-9,12,18H,10-11H2,1-2H3. The topological polar surface area (TPSA) is 73.2 Å². The van der Waals surface area contributed by atoms with Gasteiger partial charge >= 0.3 is 0 Å². The Kier molecular flexibility index (Phi) is 4.55. The van der Waals surface area contributed by atoms with Crippen LogP contribution in [0.4, 0.5) is 0 Å². The van der Waals surface area contributed by atoms with Crippen molar-refractivity contribution >= 4 is 21.1 Å². The number of nitrogens with zero attached hydrogens (tertiary/aromatic N) is 2. The molecule has 2 aromatic carbocycles. The van der Waals surface area contributed by atoms with Crippen molar-refractivity contribution in [1.29, 1.82) is 0 Å². The quantitative estimate of drug-likeness (QED) is 0.742. The number of sulfonamides is 1. The summed E-state index contributed by atoms with van der Waals surface area (Å²) in [5.74, 6) is 1.56. The molecule has 0 spiro atoms. The number of fused-ring (bicyclic) bond motifs is 1. The third kappa shape index (κ3) is 3.27. The maximum absolute atomic E-state index is 12.2. The van der Waals surface area contributed by atoms with Crippen LogP contribution in [-0.2, 0) is 23.5 Å². The molecule has 0 radical (unpaired) electrons. The van der Waals surface area contributed by atoms with Gasteiger partial charge in [-0.3, -0.25) is 0 Å². The summed E-state index contributed by atoms with van der Waals surface area (Å²) >= 11 is 0. The molecule has 0 aliphatic rings. The molecule has 0 fully saturated rings. The van der Waals surface area contributed by atoms with E-state index in [-0.39, 0.29) is 11.4 Å². The second-order valence-corrected chi connectivity index (χ2v) is 7.17. The molecule has 0 saturated heterocycles. The van der Waals surface area contributed by atoms with Gasteiger partial charge in [-0.2, -0.15) is 0 Å². The van der Waals surface area contributed by atoms with Crippen molar-refractivity contribution < 1.29 is 13.2 Å². The van der Waals surface area contributed by atoms with Crippen molar-refractivity contribution in [2.45, 2.75) is 11.3 Å². The van der Waals surface area contributed by atoms with Crippen LogP contribution >= 0.6 is 0 Å². The predicted octanol–water partition coefficient (Wildman–Crippen LogP) is 2.10. The number of rotatable bonds is 6. The van der Waals surface area contributed by atoms with E-state index >= 15 is 0 Å². The maximum Gasteiger partial charge on any atom is 0.240 e. The fraction of sp³-hybridized carbons (Fsp3) is 0.235. The molecular weight excluding hydrogens is 326 g/mol. The number of nitrogens with one attached hydrogen (secondary N) is 1. The summed E-state index contributed by atoms with van der Waals surface area (Å²) in [6, 6.07) is 14.0. The molecule has 0 bridgehead atoms. The van der Waals surface area contributed by atoms with Crippen molar-refractivity contribution in [3.63, 3.8) is 0 Å². The van der Waals surface area contributed by atoms with E-state index < -0.39 is 10.0 Å². The Bertz CT molecular complexity index is 950. The fourth-order valence-corrected chi connectivity index (χ4v) is 3.61. The van der Waals surface area contributed by atoms with E-state index in [1.807, 2.05) is 29.8 Å². The van der Waals surface area contributed by atoms with Gasteiger partial charge in [0, 0.05) is 26.1 Å². The second-order valence-electron chi connectivity index (χ2n) is 5.40. The molecule has 0 amide bonds. The first kappa shape index (κ1) is 16.5. The van der Waals surface area contributed by atoms with E-state index in [0.717, 1.165) is 22.6 Å². The lowest BCUT2D eigenvalue weighted by molar-refractivity contribution is 0.415. The summed E-state index contributed by atoms with van der Waals surface area (Å²) in [7, 11) is 0.0429. The largest absolute Gasteiger partial charge is 0.497 e. The zero-order chi connectivity index (χ0) is 17.2. The van der Waals surface area contributed by atoms with Crippen LogP contribution in [0.5, 0.6) is 5.75 Å². The van der Waals surface area contributed by atoms with Gasteiger partial charge in [0.1, 0.15) is 11.6 Å². The molecular formula is C17H19N3O3S. The first-order valence-corrected chi connectivity index (χ1v) is 9.03. The van der Waals surface area contributed by atoms with Crippen LogP contribution in [0.1, 0.15) is 5.82 Å². The summed E-state index contributed by atoms with van der Waals surface area (Å²) in [6.45, 7) is 0.283. The molecule has 7 heteroatoms. The van der Waals surface area contributed by atoms with Gasteiger partial charge in [0.15, 0.2) is 0 Å². The van der Waals surface area contributed by atoms with E-state index in [4.69, 9.17) is 4.74 Å². The molecule has 0 aliphatic carbocycles. The number of hydrogen-bond acceptors (Lipinski definition) is 4. The lowest BCUT2D eigenvalue weighted by atomic mass is 10.3. The molecule has 24 heavy (non-hydrogen) atoms. The van der Waals surface area contributed by atoms with Crippen LogP contribution in [0.25, 0.3) is 11.0 Å². The Hall–Kier alpha value is -2.38. The Morgan fingerprint density at radius 3 is 2.62 bits per heavy atom. The highest BCUT2D eigenvalue weighted by Gasteiger charge is 2.14. The van der Waals surface area contributed by atoms with Crippen LogP contribution in [0.15, 0.2) is 53.4 Å². The van der Waals surface area contributed by atoms with Crippen molar-refractivity contribution in [1.82, 2.24) is 14.3 Å². The Balaban J connectivity index is 1.73. The molecule has 0 saturated carbocycles. The first-order chi connectivity index (χ1) is 11.5. The maximum atomic E-state index is 12.2. The Labute approximate surface area is 141 Å². The summed E-state index contributed by atoms with van der Waals surface area (Å²) < 4.78 is 34.2. The van der Waals surface area contributed by atoms with E-state index in [9.17, 15) is 8.42 Å². The number of aromatic nitrogens is 2. The molecule has 0 aliphatic heterocycles. The number of imidazole rings is 1. The SMILES string of the molecule is COc1ccc2c(c1)nc(CCNS(=O)(=O)c1ccccc1)n2C. The van der Waals surface area contributed by atoms with Gasteiger partial charge in [0.05, 0.1) is 23.0 Å². The average molecular weight is 345 g/mol. The summed E-state index contributed by atoms with van der Waals surface area (Å²) in [6.07, 6.45) is 0.500. The van der Waals surface area contributed by atoms with Gasteiger partial charge < -0.3 is 9.30 Å². The number of aryl methyl sites for hydroxylation is 1. The second kappa shape index (κ2) is 6.62. The highest BCUT2D eigenvalue weighted by molar-refractivity contribution is 7.89. The summed E-state index contributed by atoms with van der Waals surface area (Å²) in [5.41, 5.74) is 1.81. The fourth-order valence-electron chi connectivity index (χ4n) is 2.56. The Morgan fingerprint density at radius 2 is 1.92 bits per heavy atom. The Morgan fingerprint density at radius 1 is 1.17 bits per heavy atom. The number of ether oxygens (including phenoxy) is 1. The number of hydrogen-bond donors (Lipinski definition) is 1. The molecule has 6 nitrogen and oxygen atoms in total. The lowest BCUT2D eigenvalue weighted by Crippen LogP contribution is -2.26. The van der Waals surface area contributed by atoms with E-state index in [2.05, 4.69) is 9.71 Å². The first-order valence-electron chi connectivity index (χ1n) is 7.55. The monoisotopic (exact) mass is 345 g/mol. The highest BCUT2D eigenvalue weighted by atomic mass is 32.2. The summed E-state index contributed by atoms with van der Waals surface area (Å²) in [5, 5.41) is 0. The van der Waals surface area contributed by atoms with Crippen LogP contribution in [-0.4, -0.2) is 31.6 Å². The van der Waals surface area contributed by atoms with Crippen LogP contribution in [0.2, 0.25) is 0 Å². The minimum absolute atomic E-state index is 0.264. The molecule has 126 valence electrons. The molecule has 0 unspecified atom stereocenters. The average Bonchev–Trinajstić information content (AvgIpc) is 2.91. The van der Waals surface area contributed by atoms with Gasteiger partial charge in [-0.1, -0.05) is 18.2 Å². The smallest absolute Gasteiger partial charge is 0.240 e. The zero-order valence-electron chi connectivity index (χ0n) is 13.6. The minimum Gasteiger partial charge on any atom is -0.497 e. The van der Waals surface area contributed by atoms with Gasteiger partial charge in [0.2, 0.25) is 10.0 Å². The third-order valence-electron chi connectivity index (χ3n) is 3.87. The van der Waals surface area contributed by atoms with E-state index in [1.54, 1.807) is 37.4 Å². The molecule has 3 rings (SSSR count). The van der Waals surface area contributed by atoms with Crippen LogP contribution in [0.3, 0.4) is 0 Å². The lowest BCUT2D eigenvalue weighted by Gasteiger charge is -2.06. The van der Waals surface area contributed by atoms with Crippen molar-refractivity contribution in [3.8, 4) is 5.75 Å². The van der Waals surface area contributed by atoms with Gasteiger partial charge in [-0.25, -0.2) is 18.1 Å². The summed E-state index contributed by atoms with van der Waals surface area (Å²) in [4.78, 5) is 4.82. The normalized spacial score (nSPS) is 11.8. The highest BCUT2D eigenvalue weighted by Crippen LogP contribution is 2.21. The number of methoxy groups -OCH3 is 1. The van der Waals surface area contributed by atoms with Crippen molar-refractivity contribution in [2.24, 2.45) is 7.05 Å². The third-order valence-corrected chi connectivity index (χ3v) is 5.35. The van der Waals surface area contributed by atoms with Crippen molar-refractivity contribution in [2.75, 3.05) is 13.7 Å². The van der Waals surface area contributed by atoms with Crippen LogP contribution < -0.4 is 9.46 Å². The van der Waals surface area contributed by atoms with Crippen LogP contribution in [0, 0.1) is 0 Å². The van der Waals surface area contributed by atoms with Gasteiger partial charge in [-0.15, -0.1) is 0 Å². The van der Waals surface area contributed by atoms with Gasteiger partial charge in [-0.05, 0) is 24.3 Å². The minimum atomic E-state index is -3.49. The molecule has 1 N–H and O–H groups in total. The zero-order valence-corrected chi connectivity index (χ0v) is 14.4. The molecule has 1 heterocycles. The predicted molar refractivity (Wildman–Crippen MR) is 92.6 cm³/mol. The van der Waals surface area contributed by atoms with E-state index in [0.29, 0.717) is 6.42 Å². The molecule has 3 aromatic rings. The van der Waals surface area contributed by atoms with Gasteiger partial charge in [0.25, 0.3) is 0 Å². The number of benzene rings is 2. The molecule has 1 aromatic heterocycles. The van der Waals surface area contributed by atoms with E-state index in [1.165, 1.54) is 0 Å².